The van der Waals surface area contributed by atoms with Crippen molar-refractivity contribution in [3.8, 4) is 0 Å². The highest BCUT2D eigenvalue weighted by molar-refractivity contribution is 5.80. The highest BCUT2D eigenvalue weighted by Crippen LogP contribution is 2.44. The molecule has 3 fully saturated rings. The first kappa shape index (κ1) is 12.3. The first-order chi connectivity index (χ1) is 8.44. The summed E-state index contributed by atoms with van der Waals surface area (Å²) in [5.74, 6) is -2.62. The first-order valence-corrected chi connectivity index (χ1v) is 6.77. The molecule has 0 aromatic rings. The summed E-state index contributed by atoms with van der Waals surface area (Å²) in [7, 11) is 0. The van der Waals surface area contributed by atoms with E-state index in [4.69, 9.17) is 4.74 Å². The fourth-order valence-electron chi connectivity index (χ4n) is 3.46. The maximum Gasteiger partial charge on any atom is 0.249 e. The molecular formula is C13H19F2NO2. The van der Waals surface area contributed by atoms with Crippen molar-refractivity contribution in [3.05, 3.63) is 0 Å². The Morgan fingerprint density at radius 1 is 1.39 bits per heavy atom. The van der Waals surface area contributed by atoms with E-state index < -0.39 is 11.8 Å². The molecule has 0 N–H and O–H groups in total. The van der Waals surface area contributed by atoms with Gasteiger partial charge in [0.15, 0.2) is 0 Å². The SMILES string of the molecule is C[C@@H]1C[C@@H]2CCN(C(=O)C3CC(F)(F)C3)C[C@H]2O1. The number of nitrogens with zero attached hydrogens (tertiary/aromatic N) is 1. The van der Waals surface area contributed by atoms with Gasteiger partial charge in [0, 0.05) is 31.8 Å². The molecule has 0 bridgehead atoms. The maximum absolute atomic E-state index is 12.8. The average Bonchev–Trinajstić information content (AvgIpc) is 2.63. The van der Waals surface area contributed by atoms with E-state index in [1.54, 1.807) is 4.90 Å². The zero-order valence-electron chi connectivity index (χ0n) is 10.6. The molecule has 3 nitrogen and oxygen atoms in total. The number of alkyl halides is 2. The third-order valence-corrected chi connectivity index (χ3v) is 4.49. The predicted molar refractivity (Wildman–Crippen MR) is 61.3 cm³/mol. The second kappa shape index (κ2) is 4.15. The van der Waals surface area contributed by atoms with Crippen molar-refractivity contribution >= 4 is 5.91 Å². The fraction of sp³-hybridized carbons (Fsp3) is 0.923. The number of halogens is 2. The zero-order chi connectivity index (χ0) is 12.9. The summed E-state index contributed by atoms with van der Waals surface area (Å²) in [6, 6.07) is 0. The van der Waals surface area contributed by atoms with Crippen LogP contribution in [0, 0.1) is 11.8 Å². The molecule has 0 aromatic carbocycles. The van der Waals surface area contributed by atoms with Crippen LogP contribution in [0.2, 0.25) is 0 Å². The van der Waals surface area contributed by atoms with Gasteiger partial charge >= 0.3 is 0 Å². The number of hydrogen-bond acceptors (Lipinski definition) is 2. The Bertz CT molecular complexity index is 353. The summed E-state index contributed by atoms with van der Waals surface area (Å²) in [5.41, 5.74) is 0. The topological polar surface area (TPSA) is 29.5 Å². The fourth-order valence-corrected chi connectivity index (χ4v) is 3.46. The Morgan fingerprint density at radius 2 is 2.11 bits per heavy atom. The second-order valence-corrected chi connectivity index (χ2v) is 6.01. The van der Waals surface area contributed by atoms with Crippen LogP contribution in [0.15, 0.2) is 0 Å². The van der Waals surface area contributed by atoms with Gasteiger partial charge in [0.1, 0.15) is 0 Å². The van der Waals surface area contributed by atoms with E-state index in [-0.39, 0.29) is 31.0 Å². The molecule has 2 heterocycles. The smallest absolute Gasteiger partial charge is 0.249 e. The predicted octanol–water partition coefficient (Wildman–Crippen LogP) is 2.06. The molecule has 3 rings (SSSR count). The van der Waals surface area contributed by atoms with Crippen molar-refractivity contribution in [2.45, 2.75) is 50.7 Å². The van der Waals surface area contributed by atoms with E-state index in [1.807, 2.05) is 0 Å². The summed E-state index contributed by atoms with van der Waals surface area (Å²) < 4.78 is 31.3. The highest BCUT2D eigenvalue weighted by Gasteiger charge is 2.50. The Hall–Kier alpha value is -0.710. The number of rotatable bonds is 1. The number of piperidine rings is 1. The normalized spacial score (nSPS) is 39.3. The van der Waals surface area contributed by atoms with Gasteiger partial charge < -0.3 is 9.64 Å². The molecule has 18 heavy (non-hydrogen) atoms. The van der Waals surface area contributed by atoms with Crippen LogP contribution < -0.4 is 0 Å². The Morgan fingerprint density at radius 3 is 2.78 bits per heavy atom. The summed E-state index contributed by atoms with van der Waals surface area (Å²) in [5, 5.41) is 0. The van der Waals surface area contributed by atoms with E-state index in [2.05, 4.69) is 6.92 Å². The van der Waals surface area contributed by atoms with Crippen LogP contribution >= 0.6 is 0 Å². The molecule has 3 aliphatic rings. The molecule has 1 saturated carbocycles. The maximum atomic E-state index is 12.8. The molecule has 102 valence electrons. The summed E-state index contributed by atoms with van der Waals surface area (Å²) in [4.78, 5) is 13.8. The molecule has 0 aromatic heterocycles. The minimum absolute atomic E-state index is 0.0949. The van der Waals surface area contributed by atoms with Crippen molar-refractivity contribution in [1.82, 2.24) is 4.90 Å². The number of carbonyl (C=O) groups is 1. The van der Waals surface area contributed by atoms with Crippen LogP contribution in [-0.2, 0) is 9.53 Å². The van der Waals surface area contributed by atoms with E-state index in [0.29, 0.717) is 19.0 Å². The summed E-state index contributed by atoms with van der Waals surface area (Å²) in [6.07, 6.45) is 1.86. The minimum Gasteiger partial charge on any atom is -0.373 e. The largest absolute Gasteiger partial charge is 0.373 e. The number of ether oxygens (including phenoxy) is 1. The third-order valence-electron chi connectivity index (χ3n) is 4.49. The van der Waals surface area contributed by atoms with Gasteiger partial charge in [0.05, 0.1) is 12.2 Å². The van der Waals surface area contributed by atoms with Gasteiger partial charge in [-0.2, -0.15) is 0 Å². The molecule has 1 amide bonds. The monoisotopic (exact) mass is 259 g/mol. The van der Waals surface area contributed by atoms with Gasteiger partial charge in [0.2, 0.25) is 11.8 Å². The van der Waals surface area contributed by atoms with E-state index in [9.17, 15) is 13.6 Å². The first-order valence-electron chi connectivity index (χ1n) is 6.77. The zero-order valence-corrected chi connectivity index (χ0v) is 10.6. The second-order valence-electron chi connectivity index (χ2n) is 6.01. The van der Waals surface area contributed by atoms with E-state index in [0.717, 1.165) is 12.8 Å². The van der Waals surface area contributed by atoms with Crippen molar-refractivity contribution < 1.29 is 18.3 Å². The van der Waals surface area contributed by atoms with Crippen molar-refractivity contribution in [2.24, 2.45) is 11.8 Å². The van der Waals surface area contributed by atoms with Crippen LogP contribution in [-0.4, -0.2) is 42.0 Å². The molecule has 5 heteroatoms. The molecule has 2 saturated heterocycles. The van der Waals surface area contributed by atoms with Crippen LogP contribution in [0.5, 0.6) is 0 Å². The summed E-state index contributed by atoms with van der Waals surface area (Å²) in [6.45, 7) is 3.35. The van der Waals surface area contributed by atoms with Crippen molar-refractivity contribution in [2.75, 3.05) is 13.1 Å². The molecule has 3 atom stereocenters. The van der Waals surface area contributed by atoms with Gasteiger partial charge in [-0.05, 0) is 25.7 Å². The lowest BCUT2D eigenvalue weighted by atomic mass is 9.79. The lowest BCUT2D eigenvalue weighted by molar-refractivity contribution is -0.163. The van der Waals surface area contributed by atoms with E-state index in [1.165, 1.54) is 0 Å². The summed E-state index contributed by atoms with van der Waals surface area (Å²) >= 11 is 0. The van der Waals surface area contributed by atoms with Crippen molar-refractivity contribution in [3.63, 3.8) is 0 Å². The number of fused-ring (bicyclic) bond motifs is 1. The molecule has 0 radical (unpaired) electrons. The van der Waals surface area contributed by atoms with Crippen LogP contribution in [0.1, 0.15) is 32.6 Å². The number of likely N-dealkylation sites (tertiary alicyclic amines) is 1. The van der Waals surface area contributed by atoms with Gasteiger partial charge in [-0.1, -0.05) is 0 Å². The van der Waals surface area contributed by atoms with Crippen LogP contribution in [0.4, 0.5) is 8.78 Å². The number of hydrogen-bond donors (Lipinski definition) is 0. The molecule has 0 unspecified atom stereocenters. The van der Waals surface area contributed by atoms with Crippen molar-refractivity contribution in [1.29, 1.82) is 0 Å². The lowest BCUT2D eigenvalue weighted by Gasteiger charge is -2.40. The number of carbonyl (C=O) groups excluding carboxylic acids is 1. The van der Waals surface area contributed by atoms with Gasteiger partial charge in [-0.3, -0.25) is 4.79 Å². The Balaban J connectivity index is 1.57. The Kier molecular flexibility index (Phi) is 2.84. The molecule has 0 spiro atoms. The van der Waals surface area contributed by atoms with Gasteiger partial charge in [-0.25, -0.2) is 8.78 Å². The number of amides is 1. The Labute approximate surface area is 105 Å². The minimum atomic E-state index is -2.61. The molecule has 2 aliphatic heterocycles. The molecule has 1 aliphatic carbocycles. The van der Waals surface area contributed by atoms with E-state index >= 15 is 0 Å². The highest BCUT2D eigenvalue weighted by atomic mass is 19.3. The standard InChI is InChI=1S/C13H19F2NO2/c1-8-4-9-2-3-16(7-11(9)18-8)12(17)10-5-13(14,15)6-10/h8-11H,2-7H2,1H3/t8-,9+,11-/m1/s1. The lowest BCUT2D eigenvalue weighted by Crippen LogP contribution is -2.51. The third kappa shape index (κ3) is 2.13. The average molecular weight is 259 g/mol. The van der Waals surface area contributed by atoms with Crippen LogP contribution in [0.3, 0.4) is 0 Å². The van der Waals surface area contributed by atoms with Crippen LogP contribution in [0.25, 0.3) is 0 Å². The quantitative estimate of drug-likeness (QED) is 0.721. The van der Waals surface area contributed by atoms with Gasteiger partial charge in [-0.15, -0.1) is 0 Å². The molecular weight excluding hydrogens is 240 g/mol. The van der Waals surface area contributed by atoms with Gasteiger partial charge in [0.25, 0.3) is 0 Å².